The number of benzene rings is 1. The monoisotopic (exact) mass is 246 g/mol. The number of nitriles is 1. The van der Waals surface area contributed by atoms with Crippen molar-refractivity contribution >= 4 is 11.8 Å². The first-order valence-electron chi connectivity index (χ1n) is 4.96. The molecule has 0 unspecified atom stereocenters. The molecule has 2 aromatic rings. The maximum absolute atomic E-state index is 8.77. The molecule has 0 aliphatic heterocycles. The van der Waals surface area contributed by atoms with Crippen molar-refractivity contribution < 1.29 is 4.42 Å². The fourth-order valence-corrected chi connectivity index (χ4v) is 1.98. The molecule has 0 fully saturated rings. The van der Waals surface area contributed by atoms with Crippen molar-refractivity contribution in [1.29, 1.82) is 5.26 Å². The zero-order valence-corrected chi connectivity index (χ0v) is 9.78. The van der Waals surface area contributed by atoms with E-state index in [4.69, 9.17) is 15.4 Å². The number of aromatic nitrogens is 2. The van der Waals surface area contributed by atoms with Gasteiger partial charge in [0.2, 0.25) is 5.89 Å². The Morgan fingerprint density at radius 2 is 2.29 bits per heavy atom. The number of hydrogen-bond acceptors (Lipinski definition) is 6. The standard InChI is InChI=1S/C11H10N4OS/c12-5-8-2-1-3-9(4-8)7-17-11-15-14-10(6-13)16-11/h1-4H,6-7,13H2. The molecule has 5 nitrogen and oxygen atoms in total. The molecule has 0 aliphatic carbocycles. The highest BCUT2D eigenvalue weighted by atomic mass is 32.2. The van der Waals surface area contributed by atoms with Gasteiger partial charge in [-0.15, -0.1) is 10.2 Å². The van der Waals surface area contributed by atoms with Crippen LogP contribution in [0.1, 0.15) is 17.0 Å². The predicted octanol–water partition coefficient (Wildman–Crippen LogP) is 1.69. The molecular weight excluding hydrogens is 236 g/mol. The van der Waals surface area contributed by atoms with Crippen molar-refractivity contribution in [2.24, 2.45) is 5.73 Å². The van der Waals surface area contributed by atoms with Crippen LogP contribution in [-0.2, 0) is 12.3 Å². The summed E-state index contributed by atoms with van der Waals surface area (Å²) in [5, 5.41) is 16.9. The van der Waals surface area contributed by atoms with Crippen LogP contribution in [0.3, 0.4) is 0 Å². The zero-order valence-electron chi connectivity index (χ0n) is 8.96. The molecule has 86 valence electrons. The normalized spacial score (nSPS) is 10.1. The molecule has 1 aromatic carbocycles. The van der Waals surface area contributed by atoms with E-state index >= 15 is 0 Å². The average Bonchev–Trinajstić information content (AvgIpc) is 2.84. The van der Waals surface area contributed by atoms with Crippen molar-refractivity contribution in [1.82, 2.24) is 10.2 Å². The Morgan fingerprint density at radius 1 is 1.41 bits per heavy atom. The van der Waals surface area contributed by atoms with Crippen LogP contribution >= 0.6 is 11.8 Å². The first kappa shape index (κ1) is 11.6. The molecule has 0 saturated heterocycles. The zero-order chi connectivity index (χ0) is 12.1. The Kier molecular flexibility index (Phi) is 3.75. The van der Waals surface area contributed by atoms with Crippen LogP contribution < -0.4 is 5.73 Å². The van der Waals surface area contributed by atoms with Crippen molar-refractivity contribution in [3.05, 3.63) is 41.3 Å². The van der Waals surface area contributed by atoms with E-state index in [1.54, 1.807) is 6.07 Å². The Morgan fingerprint density at radius 3 is 3.00 bits per heavy atom. The summed E-state index contributed by atoms with van der Waals surface area (Å²) >= 11 is 1.42. The lowest BCUT2D eigenvalue weighted by Crippen LogP contribution is -1.95. The highest BCUT2D eigenvalue weighted by molar-refractivity contribution is 7.98. The van der Waals surface area contributed by atoms with Gasteiger partial charge in [0.15, 0.2) is 0 Å². The molecule has 2 N–H and O–H groups in total. The van der Waals surface area contributed by atoms with Crippen molar-refractivity contribution in [2.45, 2.75) is 17.5 Å². The molecule has 1 heterocycles. The molecule has 0 amide bonds. The van der Waals surface area contributed by atoms with Crippen molar-refractivity contribution in [3.63, 3.8) is 0 Å². The van der Waals surface area contributed by atoms with Crippen molar-refractivity contribution in [2.75, 3.05) is 0 Å². The van der Waals surface area contributed by atoms with Gasteiger partial charge in [0, 0.05) is 5.75 Å². The quantitative estimate of drug-likeness (QED) is 0.826. The minimum atomic E-state index is 0.247. The van der Waals surface area contributed by atoms with E-state index < -0.39 is 0 Å². The van der Waals surface area contributed by atoms with E-state index in [1.807, 2.05) is 18.2 Å². The lowest BCUT2D eigenvalue weighted by atomic mass is 10.2. The van der Waals surface area contributed by atoms with Gasteiger partial charge < -0.3 is 10.2 Å². The third-order valence-corrected chi connectivity index (χ3v) is 2.93. The SMILES string of the molecule is N#Cc1cccc(CSc2nnc(CN)o2)c1. The van der Waals surface area contributed by atoms with Crippen LogP contribution in [0.2, 0.25) is 0 Å². The van der Waals surface area contributed by atoms with Crippen LogP contribution in [0.4, 0.5) is 0 Å². The molecule has 0 aliphatic rings. The van der Waals surface area contributed by atoms with Gasteiger partial charge in [-0.3, -0.25) is 0 Å². The van der Waals surface area contributed by atoms with E-state index in [1.165, 1.54) is 11.8 Å². The smallest absolute Gasteiger partial charge is 0.276 e. The van der Waals surface area contributed by atoms with Crippen molar-refractivity contribution in [3.8, 4) is 6.07 Å². The molecule has 0 atom stereocenters. The maximum Gasteiger partial charge on any atom is 0.276 e. The maximum atomic E-state index is 8.77. The molecule has 17 heavy (non-hydrogen) atoms. The van der Waals surface area contributed by atoms with Crippen LogP contribution in [-0.4, -0.2) is 10.2 Å². The molecular formula is C11H10N4OS. The van der Waals surface area contributed by atoms with Crippen LogP contribution in [0, 0.1) is 11.3 Å². The summed E-state index contributed by atoms with van der Waals surface area (Å²) in [6, 6.07) is 9.52. The number of rotatable bonds is 4. The Bertz CT molecular complexity index is 546. The van der Waals surface area contributed by atoms with Gasteiger partial charge >= 0.3 is 0 Å². The second kappa shape index (κ2) is 5.48. The first-order chi connectivity index (χ1) is 8.31. The molecule has 6 heteroatoms. The molecule has 2 rings (SSSR count). The van der Waals surface area contributed by atoms with E-state index in [9.17, 15) is 0 Å². The number of nitrogens with two attached hydrogens (primary N) is 1. The molecule has 0 saturated carbocycles. The number of thioether (sulfide) groups is 1. The van der Waals surface area contributed by atoms with E-state index in [0.717, 1.165) is 5.56 Å². The minimum absolute atomic E-state index is 0.247. The largest absolute Gasteiger partial charge is 0.415 e. The summed E-state index contributed by atoms with van der Waals surface area (Å²) in [5.41, 5.74) is 7.06. The predicted molar refractivity (Wildman–Crippen MR) is 62.9 cm³/mol. The highest BCUT2D eigenvalue weighted by Crippen LogP contribution is 2.21. The van der Waals surface area contributed by atoms with Crippen LogP contribution in [0.15, 0.2) is 33.9 Å². The Balaban J connectivity index is 1.99. The molecule has 0 radical (unpaired) electrons. The second-order valence-electron chi connectivity index (χ2n) is 3.27. The fraction of sp³-hybridized carbons (Fsp3) is 0.182. The van der Waals surface area contributed by atoms with Gasteiger partial charge in [0.25, 0.3) is 5.22 Å². The van der Waals surface area contributed by atoms with Gasteiger partial charge in [-0.05, 0) is 17.7 Å². The van der Waals surface area contributed by atoms with Gasteiger partial charge in [-0.25, -0.2) is 0 Å². The highest BCUT2D eigenvalue weighted by Gasteiger charge is 2.05. The summed E-state index contributed by atoms with van der Waals surface area (Å²) in [4.78, 5) is 0. The summed E-state index contributed by atoms with van der Waals surface area (Å²) in [5.74, 6) is 1.11. The lowest BCUT2D eigenvalue weighted by Gasteiger charge is -1.98. The molecule has 0 bridgehead atoms. The van der Waals surface area contributed by atoms with Gasteiger partial charge in [0.1, 0.15) is 0 Å². The summed E-state index contributed by atoms with van der Waals surface area (Å²) in [6.45, 7) is 0.247. The van der Waals surface area contributed by atoms with Gasteiger partial charge in [0.05, 0.1) is 18.2 Å². The van der Waals surface area contributed by atoms with Crippen LogP contribution in [0.5, 0.6) is 0 Å². The summed E-state index contributed by atoms with van der Waals surface area (Å²) in [7, 11) is 0. The Hall–Kier alpha value is -1.84. The number of hydrogen-bond donors (Lipinski definition) is 1. The van der Waals surface area contributed by atoms with Gasteiger partial charge in [-0.1, -0.05) is 23.9 Å². The third-order valence-electron chi connectivity index (χ3n) is 2.04. The molecule has 1 aromatic heterocycles. The topological polar surface area (TPSA) is 88.7 Å². The van der Waals surface area contributed by atoms with E-state index in [0.29, 0.717) is 22.4 Å². The second-order valence-corrected chi connectivity index (χ2v) is 4.19. The third kappa shape index (κ3) is 3.06. The Labute approximate surface area is 103 Å². The first-order valence-corrected chi connectivity index (χ1v) is 5.94. The van der Waals surface area contributed by atoms with E-state index in [2.05, 4.69) is 16.3 Å². The average molecular weight is 246 g/mol. The minimum Gasteiger partial charge on any atom is -0.415 e. The summed E-state index contributed by atoms with van der Waals surface area (Å²) in [6.07, 6.45) is 0. The molecule has 0 spiro atoms. The fourth-order valence-electron chi connectivity index (χ4n) is 1.25. The van der Waals surface area contributed by atoms with E-state index in [-0.39, 0.29) is 6.54 Å². The number of nitrogens with zero attached hydrogens (tertiary/aromatic N) is 3. The van der Waals surface area contributed by atoms with Gasteiger partial charge in [-0.2, -0.15) is 5.26 Å². The lowest BCUT2D eigenvalue weighted by molar-refractivity contribution is 0.415. The summed E-state index contributed by atoms with van der Waals surface area (Å²) < 4.78 is 5.26. The van der Waals surface area contributed by atoms with Crippen LogP contribution in [0.25, 0.3) is 0 Å².